The van der Waals surface area contributed by atoms with E-state index in [1.165, 1.54) is 5.56 Å². The van der Waals surface area contributed by atoms with E-state index in [0.717, 1.165) is 58.8 Å². The van der Waals surface area contributed by atoms with Gasteiger partial charge in [0.15, 0.2) is 11.5 Å². The molecule has 2 aliphatic rings. The lowest BCUT2D eigenvalue weighted by atomic mass is 9.77. The zero-order valence-electron chi connectivity index (χ0n) is 17.4. The predicted molar refractivity (Wildman–Crippen MR) is 114 cm³/mol. The van der Waals surface area contributed by atoms with Gasteiger partial charge < -0.3 is 19.3 Å². The van der Waals surface area contributed by atoms with Crippen molar-refractivity contribution in [1.29, 1.82) is 0 Å². The summed E-state index contributed by atoms with van der Waals surface area (Å²) in [6.45, 7) is 4.06. The molecule has 5 nitrogen and oxygen atoms in total. The van der Waals surface area contributed by atoms with Crippen molar-refractivity contribution in [3.05, 3.63) is 41.5 Å². The molecular weight excluding hydrogens is 366 g/mol. The van der Waals surface area contributed by atoms with Gasteiger partial charge in [0.05, 0.1) is 27.4 Å². The number of benzene rings is 3. The maximum atomic E-state index is 11.6. The fraction of sp³-hybridized carbons (Fsp3) is 0.417. The zero-order valence-corrected chi connectivity index (χ0v) is 17.4. The molecule has 3 aromatic carbocycles. The van der Waals surface area contributed by atoms with Crippen LogP contribution < -0.4 is 14.2 Å². The summed E-state index contributed by atoms with van der Waals surface area (Å²) < 4.78 is 16.7. The Hall–Kier alpha value is -2.50. The average molecular weight is 393 g/mol. The van der Waals surface area contributed by atoms with Gasteiger partial charge in [0.25, 0.3) is 0 Å². The Kier molecular flexibility index (Phi) is 4.16. The van der Waals surface area contributed by atoms with Crippen LogP contribution in [0.4, 0.5) is 0 Å². The Balaban J connectivity index is 1.93. The molecule has 0 unspecified atom stereocenters. The van der Waals surface area contributed by atoms with Crippen molar-refractivity contribution in [1.82, 2.24) is 4.90 Å². The van der Waals surface area contributed by atoms with Crippen LogP contribution >= 0.6 is 0 Å². The molecule has 0 aromatic heterocycles. The molecule has 152 valence electrons. The molecule has 3 aromatic rings. The van der Waals surface area contributed by atoms with Gasteiger partial charge in [-0.1, -0.05) is 6.07 Å². The smallest absolute Gasteiger partial charge is 0.161 e. The molecule has 5 rings (SSSR count). The van der Waals surface area contributed by atoms with E-state index in [1.807, 2.05) is 18.2 Å². The van der Waals surface area contributed by atoms with Crippen LogP contribution in [0.5, 0.6) is 17.2 Å². The molecule has 0 spiro atoms. The Morgan fingerprint density at radius 1 is 0.931 bits per heavy atom. The normalized spacial score (nSPS) is 23.8. The third-order valence-corrected chi connectivity index (χ3v) is 7.03. The van der Waals surface area contributed by atoms with Crippen LogP contribution in [0, 0.1) is 0 Å². The first kappa shape index (κ1) is 18.5. The summed E-state index contributed by atoms with van der Waals surface area (Å²) in [5, 5.41) is 15.9. The maximum Gasteiger partial charge on any atom is 0.161 e. The number of hydrogen-bond donors (Lipinski definition) is 1. The monoisotopic (exact) mass is 393 g/mol. The van der Waals surface area contributed by atoms with E-state index in [9.17, 15) is 5.11 Å². The van der Waals surface area contributed by atoms with Crippen LogP contribution in [0.1, 0.15) is 37.0 Å². The molecule has 2 atom stereocenters. The third-order valence-electron chi connectivity index (χ3n) is 7.03. The van der Waals surface area contributed by atoms with Crippen LogP contribution in [-0.4, -0.2) is 43.4 Å². The molecule has 1 fully saturated rings. The van der Waals surface area contributed by atoms with E-state index in [4.69, 9.17) is 14.2 Å². The summed E-state index contributed by atoms with van der Waals surface area (Å²) in [5.74, 6) is 2.18. The third kappa shape index (κ3) is 2.47. The molecule has 5 heteroatoms. The van der Waals surface area contributed by atoms with Crippen molar-refractivity contribution in [3.8, 4) is 17.2 Å². The van der Waals surface area contributed by atoms with Gasteiger partial charge in [-0.05, 0) is 83.2 Å². The highest BCUT2D eigenvalue weighted by molar-refractivity contribution is 6.12. The number of aliphatic hydroxyl groups is 1. The summed E-state index contributed by atoms with van der Waals surface area (Å²) in [7, 11) is 4.98. The molecule has 0 amide bonds. The van der Waals surface area contributed by atoms with Crippen molar-refractivity contribution < 1.29 is 19.3 Å². The van der Waals surface area contributed by atoms with E-state index < -0.39 is 6.10 Å². The second kappa shape index (κ2) is 6.51. The minimum absolute atomic E-state index is 0.229. The van der Waals surface area contributed by atoms with Crippen molar-refractivity contribution >= 4 is 21.5 Å². The summed E-state index contributed by atoms with van der Waals surface area (Å²) in [5.41, 5.74) is 2.00. The Bertz CT molecular complexity index is 1130. The second-order valence-corrected chi connectivity index (χ2v) is 8.34. The molecule has 0 saturated carbocycles. The van der Waals surface area contributed by atoms with Gasteiger partial charge in [0.1, 0.15) is 5.75 Å². The van der Waals surface area contributed by atoms with E-state index in [-0.39, 0.29) is 5.54 Å². The van der Waals surface area contributed by atoms with Crippen LogP contribution in [0.15, 0.2) is 30.3 Å². The number of methoxy groups -OCH3 is 3. The molecule has 29 heavy (non-hydrogen) atoms. The number of ether oxygens (including phenoxy) is 3. The van der Waals surface area contributed by atoms with Gasteiger partial charge in [-0.2, -0.15) is 0 Å². The number of nitrogens with zero attached hydrogens (tertiary/aromatic N) is 1. The summed E-state index contributed by atoms with van der Waals surface area (Å²) >= 11 is 0. The van der Waals surface area contributed by atoms with Crippen molar-refractivity contribution in [2.24, 2.45) is 0 Å². The minimum atomic E-state index is -0.555. The van der Waals surface area contributed by atoms with Gasteiger partial charge in [0.2, 0.25) is 0 Å². The minimum Gasteiger partial charge on any atom is -0.497 e. The van der Waals surface area contributed by atoms with E-state index in [0.29, 0.717) is 11.5 Å². The van der Waals surface area contributed by atoms with Crippen molar-refractivity contribution in [3.63, 3.8) is 0 Å². The van der Waals surface area contributed by atoms with Crippen LogP contribution in [0.3, 0.4) is 0 Å². The molecule has 0 radical (unpaired) electrons. The average Bonchev–Trinajstić information content (AvgIpc) is 3.14. The summed E-state index contributed by atoms with van der Waals surface area (Å²) in [6, 6.07) is 10.2. The number of rotatable bonds is 3. The van der Waals surface area contributed by atoms with Crippen LogP contribution in [-0.2, 0) is 6.54 Å². The maximum absolute atomic E-state index is 11.6. The topological polar surface area (TPSA) is 51.2 Å². The fourth-order valence-corrected chi connectivity index (χ4v) is 5.36. The molecule has 0 aliphatic carbocycles. The highest BCUT2D eigenvalue weighted by Gasteiger charge is 2.48. The first-order valence-corrected chi connectivity index (χ1v) is 10.1. The van der Waals surface area contributed by atoms with Crippen LogP contribution in [0.25, 0.3) is 21.5 Å². The predicted octanol–water partition coefficient (Wildman–Crippen LogP) is 4.42. The lowest BCUT2D eigenvalue weighted by molar-refractivity contribution is -0.0142. The number of fused-ring (bicyclic) bond motifs is 7. The molecule has 2 heterocycles. The van der Waals surface area contributed by atoms with E-state index in [1.54, 1.807) is 21.3 Å². The standard InChI is InChI=1S/C24H27NO4/c1-24-8-5-9-25(24)13-19-15-7-6-14(27-2)10-16(15)17-11-20(28-3)21(29-4)12-18(17)22(19)23(24)26/h6-7,10-12,23,26H,5,8-9,13H2,1-4H3/t23-,24+/m1/s1. The van der Waals surface area contributed by atoms with Gasteiger partial charge >= 0.3 is 0 Å². The van der Waals surface area contributed by atoms with Gasteiger partial charge in [-0.15, -0.1) is 0 Å². The fourth-order valence-electron chi connectivity index (χ4n) is 5.36. The first-order chi connectivity index (χ1) is 14.0. The largest absolute Gasteiger partial charge is 0.497 e. The van der Waals surface area contributed by atoms with Gasteiger partial charge in [-0.3, -0.25) is 4.90 Å². The van der Waals surface area contributed by atoms with Crippen LogP contribution in [0.2, 0.25) is 0 Å². The van der Waals surface area contributed by atoms with E-state index in [2.05, 4.69) is 24.0 Å². The second-order valence-electron chi connectivity index (χ2n) is 8.34. The number of hydrogen-bond acceptors (Lipinski definition) is 5. The Morgan fingerprint density at radius 3 is 2.31 bits per heavy atom. The van der Waals surface area contributed by atoms with Crippen molar-refractivity contribution in [2.45, 2.75) is 38.0 Å². The SMILES string of the molecule is COc1ccc2c3c(c4cc(OC)c(OC)cc4c2c1)[C@@H](O)[C@]1(C)CCCN1C3. The molecule has 1 saturated heterocycles. The Morgan fingerprint density at radius 2 is 1.62 bits per heavy atom. The first-order valence-electron chi connectivity index (χ1n) is 10.1. The zero-order chi connectivity index (χ0) is 20.3. The lowest BCUT2D eigenvalue weighted by Crippen LogP contribution is -2.49. The number of aliphatic hydroxyl groups excluding tert-OH is 1. The Labute approximate surface area is 170 Å². The summed E-state index contributed by atoms with van der Waals surface area (Å²) in [6.07, 6.45) is 1.56. The quantitative estimate of drug-likeness (QED) is 0.668. The van der Waals surface area contributed by atoms with Gasteiger partial charge in [0, 0.05) is 12.1 Å². The molecule has 2 aliphatic heterocycles. The lowest BCUT2D eigenvalue weighted by Gasteiger charge is -2.45. The summed E-state index contributed by atoms with van der Waals surface area (Å²) in [4.78, 5) is 2.44. The van der Waals surface area contributed by atoms with E-state index >= 15 is 0 Å². The molecule has 1 N–H and O–H groups in total. The molecule has 0 bridgehead atoms. The highest BCUT2D eigenvalue weighted by Crippen LogP contribution is 2.51. The van der Waals surface area contributed by atoms with Gasteiger partial charge in [-0.25, -0.2) is 0 Å². The highest BCUT2D eigenvalue weighted by atomic mass is 16.5. The molecular formula is C24H27NO4. The van der Waals surface area contributed by atoms with Crippen molar-refractivity contribution in [2.75, 3.05) is 27.9 Å².